The zero-order valence-electron chi connectivity index (χ0n) is 34.6. The van der Waals surface area contributed by atoms with Crippen molar-refractivity contribution in [2.75, 3.05) is 50.8 Å². The Morgan fingerprint density at radius 2 is 1.73 bits per heavy atom. The van der Waals surface area contributed by atoms with Gasteiger partial charge in [0, 0.05) is 74.9 Å². The van der Waals surface area contributed by atoms with Crippen LogP contribution in [0.25, 0.3) is 0 Å². The van der Waals surface area contributed by atoms with Crippen LogP contribution in [0.2, 0.25) is 5.02 Å². The van der Waals surface area contributed by atoms with Gasteiger partial charge in [-0.05, 0) is 61.6 Å². The van der Waals surface area contributed by atoms with E-state index in [0.29, 0.717) is 52.7 Å². The molecule has 1 aromatic heterocycles. The molecule has 15 heteroatoms. The van der Waals surface area contributed by atoms with Crippen LogP contribution >= 0.6 is 11.6 Å². The third kappa shape index (κ3) is 8.62. The van der Waals surface area contributed by atoms with Crippen LogP contribution in [0.1, 0.15) is 102 Å². The van der Waals surface area contributed by atoms with E-state index in [0.717, 1.165) is 68.3 Å². The van der Waals surface area contributed by atoms with Crippen LogP contribution in [0.15, 0.2) is 54.7 Å². The van der Waals surface area contributed by atoms with Crippen molar-refractivity contribution in [3.8, 4) is 11.8 Å². The Hall–Kier alpha value is -5.36. The number of nitrogens with zero attached hydrogens (tertiary/aromatic N) is 5. The molecule has 4 aliphatic rings. The van der Waals surface area contributed by atoms with E-state index in [2.05, 4.69) is 59.2 Å². The molecule has 1 aliphatic carbocycles. The molecule has 0 spiro atoms. The zero-order valence-corrected chi connectivity index (χ0v) is 35.3. The van der Waals surface area contributed by atoms with E-state index in [4.69, 9.17) is 21.1 Å². The topological polar surface area (TPSA) is 174 Å². The highest BCUT2D eigenvalue weighted by molar-refractivity contribution is 6.31. The maximum absolute atomic E-state index is 13.4. The Morgan fingerprint density at radius 1 is 0.967 bits per heavy atom. The highest BCUT2D eigenvalue weighted by Crippen LogP contribution is 2.55. The van der Waals surface area contributed by atoms with E-state index >= 15 is 0 Å². The molecule has 3 aliphatic heterocycles. The lowest BCUT2D eigenvalue weighted by atomic mass is 9.49. The van der Waals surface area contributed by atoms with Crippen molar-refractivity contribution < 1.29 is 33.4 Å². The van der Waals surface area contributed by atoms with Gasteiger partial charge in [0.05, 0.1) is 33.9 Å². The number of hydrogen-bond donors (Lipinski definition) is 2. The summed E-state index contributed by atoms with van der Waals surface area (Å²) in [7, 11) is 0. The molecule has 60 heavy (non-hydrogen) atoms. The molecule has 3 aromatic rings. The Bertz CT molecular complexity index is 2180. The van der Waals surface area contributed by atoms with E-state index in [-0.39, 0.29) is 41.7 Å². The molecule has 1 saturated carbocycles. The van der Waals surface area contributed by atoms with Crippen molar-refractivity contribution in [1.29, 1.82) is 5.26 Å². The Labute approximate surface area is 355 Å². The average molecular weight is 838 g/mol. The Kier molecular flexibility index (Phi) is 12.6. The van der Waals surface area contributed by atoms with Crippen molar-refractivity contribution in [2.24, 2.45) is 10.8 Å². The molecule has 0 unspecified atom stereocenters. The average Bonchev–Trinajstić information content (AvgIpc) is 3.48. The Morgan fingerprint density at radius 3 is 2.42 bits per heavy atom. The second kappa shape index (κ2) is 17.7. The molecule has 0 radical (unpaired) electrons. The number of fused-ring (bicyclic) bond motifs is 1. The third-order valence-corrected chi connectivity index (χ3v) is 12.8. The first-order chi connectivity index (χ1) is 28.7. The number of carbonyl (C=O) groups excluding carboxylic acids is 5. The summed E-state index contributed by atoms with van der Waals surface area (Å²) in [5, 5.41) is 15.0. The highest BCUT2D eigenvalue weighted by atomic mass is 35.5. The number of piperidine rings is 1. The molecule has 5 amide bonds. The largest absolute Gasteiger partial charge is 0.489 e. The SMILES string of the molecule is CC1(C)C(NC(=O)c2ccc(N3CCN(CCOCCCCCc4cccc5c4C(=O)N([C@H]4CCC(=O)NC4=O)C5=O)CC3)nc2)C(C)(C)C1Oc1ccc(C#N)c(Cl)c1. The summed E-state index contributed by atoms with van der Waals surface area (Å²) in [5.74, 6) is -0.712. The number of nitriles is 1. The number of ether oxygens (including phenoxy) is 2. The molecule has 2 N–H and O–H groups in total. The molecule has 14 nitrogen and oxygen atoms in total. The molecule has 1 atom stereocenters. The number of carbonyl (C=O) groups is 5. The number of unbranched alkanes of at least 4 members (excludes halogenated alkanes) is 2. The zero-order chi connectivity index (χ0) is 42.8. The number of benzene rings is 2. The van der Waals surface area contributed by atoms with Crippen LogP contribution in [-0.2, 0) is 20.7 Å². The maximum Gasteiger partial charge on any atom is 0.262 e. The normalized spacial score (nSPS) is 22.2. The van der Waals surface area contributed by atoms with E-state index in [1.807, 2.05) is 18.2 Å². The van der Waals surface area contributed by atoms with Crippen molar-refractivity contribution >= 4 is 47.0 Å². The molecule has 316 valence electrons. The number of piperazine rings is 1. The lowest BCUT2D eigenvalue weighted by molar-refractivity contribution is -0.164. The number of hydrogen-bond acceptors (Lipinski definition) is 11. The van der Waals surface area contributed by atoms with Gasteiger partial charge in [-0.1, -0.05) is 57.8 Å². The molecule has 2 saturated heterocycles. The summed E-state index contributed by atoms with van der Waals surface area (Å²) < 4.78 is 12.3. The standard InChI is InChI=1S/C45H52ClN7O7/c1-44(2)42(45(3,4)43(44)60-31-14-12-29(26-47)33(46)25-31)50-38(55)30-13-16-35(48-27-30)52-20-18-51(19-21-52)22-24-59-23-7-5-6-9-28-10-8-11-32-37(28)41(58)53(40(32)57)34-15-17-36(54)49-39(34)56/h8,10-14,16,25,27,34,42-43H,5-7,9,15,17-24H2,1-4H3,(H,50,55)(H,49,54,56)/t34-,42?,43?/m0/s1. The first kappa shape index (κ1) is 42.8. The molecule has 2 aromatic carbocycles. The molecule has 4 heterocycles. The van der Waals surface area contributed by atoms with Gasteiger partial charge in [0.25, 0.3) is 17.7 Å². The summed E-state index contributed by atoms with van der Waals surface area (Å²) in [4.78, 5) is 74.1. The number of aromatic nitrogens is 1. The number of pyridine rings is 1. The number of halogens is 1. The molecular formula is C45H52ClN7O7. The van der Waals surface area contributed by atoms with Gasteiger partial charge >= 0.3 is 0 Å². The summed E-state index contributed by atoms with van der Waals surface area (Å²) in [6.07, 6.45) is 4.90. The van der Waals surface area contributed by atoms with Crippen molar-refractivity contribution in [3.63, 3.8) is 0 Å². The van der Waals surface area contributed by atoms with E-state index < -0.39 is 29.7 Å². The second-order valence-electron chi connectivity index (χ2n) is 17.2. The van der Waals surface area contributed by atoms with E-state index in [1.54, 1.807) is 36.5 Å². The predicted octanol–water partition coefficient (Wildman–Crippen LogP) is 5.17. The third-order valence-electron chi connectivity index (χ3n) is 12.5. The summed E-state index contributed by atoms with van der Waals surface area (Å²) >= 11 is 6.24. The van der Waals surface area contributed by atoms with Gasteiger partial charge in [-0.15, -0.1) is 0 Å². The molecule has 3 fully saturated rings. The van der Waals surface area contributed by atoms with E-state index in [9.17, 15) is 29.2 Å². The fraction of sp³-hybridized carbons (Fsp3) is 0.489. The number of anilines is 1. The number of amides is 5. The van der Waals surface area contributed by atoms with Crippen molar-refractivity contribution in [2.45, 2.75) is 84.4 Å². The Balaban J connectivity index is 0.785. The fourth-order valence-electron chi connectivity index (χ4n) is 9.50. The van der Waals surface area contributed by atoms with Gasteiger partial charge in [-0.25, -0.2) is 4.98 Å². The van der Waals surface area contributed by atoms with Crippen LogP contribution in [0.3, 0.4) is 0 Å². The van der Waals surface area contributed by atoms with Crippen LogP contribution in [-0.4, -0.2) is 108 Å². The number of imide groups is 2. The van der Waals surface area contributed by atoms with Gasteiger partial charge in [0.2, 0.25) is 11.8 Å². The smallest absolute Gasteiger partial charge is 0.262 e. The minimum absolute atomic E-state index is 0.0896. The van der Waals surface area contributed by atoms with Gasteiger partial charge in [-0.3, -0.25) is 39.1 Å². The lowest BCUT2D eigenvalue weighted by Crippen LogP contribution is -2.74. The molecule has 7 rings (SSSR count). The number of nitrogens with one attached hydrogen (secondary N) is 2. The lowest BCUT2D eigenvalue weighted by Gasteiger charge is -2.63. The molecule has 0 bridgehead atoms. The maximum atomic E-state index is 13.4. The van der Waals surface area contributed by atoms with E-state index in [1.165, 1.54) is 0 Å². The molecular weight excluding hydrogens is 786 g/mol. The second-order valence-corrected chi connectivity index (χ2v) is 17.7. The summed E-state index contributed by atoms with van der Waals surface area (Å²) in [5.41, 5.74) is 1.62. The monoisotopic (exact) mass is 837 g/mol. The summed E-state index contributed by atoms with van der Waals surface area (Å²) in [6, 6.07) is 15.0. The van der Waals surface area contributed by atoms with Crippen LogP contribution in [0.4, 0.5) is 5.82 Å². The fourth-order valence-corrected chi connectivity index (χ4v) is 9.72. The first-order valence-corrected chi connectivity index (χ1v) is 21.1. The highest BCUT2D eigenvalue weighted by Gasteiger charge is 2.64. The quantitative estimate of drug-likeness (QED) is 0.153. The minimum Gasteiger partial charge on any atom is -0.489 e. The number of rotatable bonds is 15. The van der Waals surface area contributed by atoms with Crippen molar-refractivity contribution in [3.05, 3.63) is 87.6 Å². The number of aryl methyl sites for hydroxylation is 1. The van der Waals surface area contributed by atoms with Gasteiger partial charge in [-0.2, -0.15) is 5.26 Å². The predicted molar refractivity (Wildman–Crippen MR) is 224 cm³/mol. The minimum atomic E-state index is -0.971. The summed E-state index contributed by atoms with van der Waals surface area (Å²) in [6.45, 7) is 13.8. The van der Waals surface area contributed by atoms with Gasteiger partial charge in [0.15, 0.2) is 0 Å². The first-order valence-electron chi connectivity index (χ1n) is 20.7. The van der Waals surface area contributed by atoms with Gasteiger partial charge < -0.3 is 19.7 Å². The van der Waals surface area contributed by atoms with Crippen LogP contribution in [0.5, 0.6) is 5.75 Å². The van der Waals surface area contributed by atoms with Crippen LogP contribution in [0, 0.1) is 22.2 Å². The van der Waals surface area contributed by atoms with Crippen LogP contribution < -0.4 is 20.3 Å². The van der Waals surface area contributed by atoms with Crippen molar-refractivity contribution in [1.82, 2.24) is 25.4 Å². The van der Waals surface area contributed by atoms with Gasteiger partial charge in [0.1, 0.15) is 29.8 Å².